The minimum atomic E-state index is -0.527. The van der Waals surface area contributed by atoms with Crippen molar-refractivity contribution in [3.63, 3.8) is 0 Å². The molecule has 0 atom stereocenters. The highest BCUT2D eigenvalue weighted by Crippen LogP contribution is 2.29. The number of carbonyl (C=O) groups is 1. The van der Waals surface area contributed by atoms with E-state index in [-0.39, 0.29) is 6.79 Å². The summed E-state index contributed by atoms with van der Waals surface area (Å²) in [5.41, 5.74) is 2.18. The van der Waals surface area contributed by atoms with Crippen molar-refractivity contribution in [1.29, 1.82) is 0 Å². The molecule has 0 saturated carbocycles. The Hall–Kier alpha value is -2.25. The topological polar surface area (TPSA) is 75.8 Å². The van der Waals surface area contributed by atoms with Crippen LogP contribution in [0.2, 0.25) is 0 Å². The molecule has 0 aliphatic heterocycles. The molecule has 7 nitrogen and oxygen atoms in total. The first-order chi connectivity index (χ1) is 11.6. The number of rotatable bonds is 9. The number of benzene rings is 1. The smallest absolute Gasteiger partial charge is 0.410 e. The summed E-state index contributed by atoms with van der Waals surface area (Å²) in [6.07, 6.45) is 2.38. The number of hydrogen-bond donors (Lipinski definition) is 2. The average Bonchev–Trinajstić information content (AvgIpc) is 2.97. The summed E-state index contributed by atoms with van der Waals surface area (Å²) in [6.45, 7) is 1.64. The molecule has 2 aromatic rings. The highest BCUT2D eigenvalue weighted by molar-refractivity contribution is 5.89. The Bertz CT molecular complexity index is 654. The lowest BCUT2D eigenvalue weighted by Gasteiger charge is -2.11. The van der Waals surface area contributed by atoms with Crippen LogP contribution in [0.1, 0.15) is 5.56 Å². The number of fused-ring (bicyclic) bond motifs is 1. The molecule has 0 saturated heterocycles. The van der Waals surface area contributed by atoms with Gasteiger partial charge in [0.05, 0.1) is 6.61 Å². The van der Waals surface area contributed by atoms with Crippen LogP contribution in [-0.4, -0.2) is 63.7 Å². The number of alkyl carbamates (subject to hydrolysis) is 1. The molecule has 7 heteroatoms. The van der Waals surface area contributed by atoms with E-state index in [2.05, 4.69) is 15.2 Å². The van der Waals surface area contributed by atoms with Crippen molar-refractivity contribution in [1.82, 2.24) is 15.2 Å². The minimum absolute atomic E-state index is 0.143. The number of amides is 1. The van der Waals surface area contributed by atoms with Gasteiger partial charge in [0.2, 0.25) is 6.79 Å². The summed E-state index contributed by atoms with van der Waals surface area (Å²) in [4.78, 5) is 16.9. The Labute approximate surface area is 141 Å². The fourth-order valence-electron chi connectivity index (χ4n) is 2.33. The number of likely N-dealkylation sites (N-methyl/N-ethyl adjacent to an activating group) is 1. The molecule has 0 spiro atoms. The number of nitrogens with zero attached hydrogens (tertiary/aromatic N) is 1. The normalized spacial score (nSPS) is 11.0. The van der Waals surface area contributed by atoms with E-state index < -0.39 is 6.09 Å². The van der Waals surface area contributed by atoms with Gasteiger partial charge in [-0.2, -0.15) is 0 Å². The molecule has 0 radical (unpaired) electrons. The zero-order valence-corrected chi connectivity index (χ0v) is 14.4. The highest BCUT2D eigenvalue weighted by Gasteiger charge is 2.10. The Morgan fingerprint density at radius 1 is 1.33 bits per heavy atom. The molecule has 0 fully saturated rings. The van der Waals surface area contributed by atoms with Crippen molar-refractivity contribution in [2.24, 2.45) is 0 Å². The maximum absolute atomic E-state index is 11.5. The molecule has 132 valence electrons. The summed E-state index contributed by atoms with van der Waals surface area (Å²) in [7, 11) is 5.66. The van der Waals surface area contributed by atoms with Crippen molar-refractivity contribution in [3.05, 3.63) is 30.0 Å². The Balaban J connectivity index is 1.95. The molecule has 0 aliphatic rings. The Morgan fingerprint density at radius 3 is 2.92 bits per heavy atom. The molecule has 2 N–H and O–H groups in total. The van der Waals surface area contributed by atoms with Crippen LogP contribution in [0.5, 0.6) is 5.75 Å². The lowest BCUT2D eigenvalue weighted by molar-refractivity contribution is 0.0590. The number of hydrogen-bond acceptors (Lipinski definition) is 5. The van der Waals surface area contributed by atoms with Gasteiger partial charge in [0.25, 0.3) is 0 Å². The molecule has 1 aromatic carbocycles. The van der Waals surface area contributed by atoms with Crippen LogP contribution in [0.25, 0.3) is 10.9 Å². The van der Waals surface area contributed by atoms with Gasteiger partial charge in [0.1, 0.15) is 5.75 Å². The van der Waals surface area contributed by atoms with Gasteiger partial charge in [-0.15, -0.1) is 0 Å². The van der Waals surface area contributed by atoms with Gasteiger partial charge in [0, 0.05) is 37.3 Å². The molecule has 0 aliphatic carbocycles. The van der Waals surface area contributed by atoms with E-state index in [9.17, 15) is 4.79 Å². The Morgan fingerprint density at radius 2 is 2.17 bits per heavy atom. The average molecular weight is 335 g/mol. The van der Waals surface area contributed by atoms with Crippen LogP contribution in [0.3, 0.4) is 0 Å². The van der Waals surface area contributed by atoms with Crippen molar-refractivity contribution in [2.75, 3.05) is 47.7 Å². The third-order valence-electron chi connectivity index (χ3n) is 3.56. The van der Waals surface area contributed by atoms with E-state index in [0.717, 1.165) is 23.9 Å². The number of nitrogens with one attached hydrogen (secondary N) is 2. The second-order valence-corrected chi connectivity index (χ2v) is 5.66. The lowest BCUT2D eigenvalue weighted by Crippen LogP contribution is -2.28. The van der Waals surface area contributed by atoms with Crippen molar-refractivity contribution < 1.29 is 19.0 Å². The van der Waals surface area contributed by atoms with Crippen LogP contribution >= 0.6 is 0 Å². The van der Waals surface area contributed by atoms with E-state index >= 15 is 0 Å². The van der Waals surface area contributed by atoms with Crippen LogP contribution < -0.4 is 10.1 Å². The predicted octanol–water partition coefficient (Wildman–Crippen LogP) is 1.98. The summed E-state index contributed by atoms with van der Waals surface area (Å²) < 4.78 is 15.5. The number of H-pyrrole nitrogens is 1. The Kier molecular flexibility index (Phi) is 6.89. The molecular weight excluding hydrogens is 310 g/mol. The quantitative estimate of drug-likeness (QED) is 0.541. The summed E-state index contributed by atoms with van der Waals surface area (Å²) in [6, 6.07) is 5.78. The largest absolute Gasteiger partial charge is 0.457 e. The first kappa shape index (κ1) is 18.1. The molecule has 1 heterocycles. The maximum Gasteiger partial charge on any atom is 0.410 e. The predicted molar refractivity (Wildman–Crippen MR) is 92.4 cm³/mol. The van der Waals surface area contributed by atoms with E-state index in [1.807, 2.05) is 38.5 Å². The van der Waals surface area contributed by atoms with Gasteiger partial charge in [-0.1, -0.05) is 6.07 Å². The monoisotopic (exact) mass is 335 g/mol. The minimum Gasteiger partial charge on any atom is -0.457 e. The van der Waals surface area contributed by atoms with Gasteiger partial charge in [-0.25, -0.2) is 4.79 Å². The van der Waals surface area contributed by atoms with Gasteiger partial charge < -0.3 is 29.4 Å². The molecule has 0 unspecified atom stereocenters. The first-order valence-corrected chi connectivity index (χ1v) is 7.88. The SMILES string of the molecule is COCCNC(=O)OCOc1cccc2[nH]cc(CCN(C)C)c12. The second-order valence-electron chi connectivity index (χ2n) is 5.66. The number of aromatic nitrogens is 1. The standard InChI is InChI=1S/C17H25N3O4/c1-20(2)9-7-13-11-19-14-5-4-6-15(16(13)14)23-12-24-17(21)18-8-10-22-3/h4-6,11,19H,7-10,12H2,1-3H3,(H,18,21). The summed E-state index contributed by atoms with van der Waals surface area (Å²) in [5.74, 6) is 0.701. The summed E-state index contributed by atoms with van der Waals surface area (Å²) >= 11 is 0. The second kappa shape index (κ2) is 9.14. The molecule has 1 amide bonds. The summed E-state index contributed by atoms with van der Waals surface area (Å²) in [5, 5.41) is 3.60. The van der Waals surface area contributed by atoms with E-state index in [0.29, 0.717) is 18.9 Å². The van der Waals surface area contributed by atoms with Crippen LogP contribution in [0, 0.1) is 0 Å². The van der Waals surface area contributed by atoms with Crippen molar-refractivity contribution in [2.45, 2.75) is 6.42 Å². The van der Waals surface area contributed by atoms with Gasteiger partial charge in [0.15, 0.2) is 0 Å². The molecule has 2 rings (SSSR count). The zero-order chi connectivity index (χ0) is 17.4. The highest BCUT2D eigenvalue weighted by atomic mass is 16.7. The third-order valence-corrected chi connectivity index (χ3v) is 3.56. The fourth-order valence-corrected chi connectivity index (χ4v) is 2.33. The maximum atomic E-state index is 11.5. The number of ether oxygens (including phenoxy) is 3. The number of carbonyl (C=O) groups excluding carboxylic acids is 1. The van der Waals surface area contributed by atoms with E-state index in [1.165, 1.54) is 5.56 Å². The third kappa shape index (κ3) is 5.14. The first-order valence-electron chi connectivity index (χ1n) is 7.88. The van der Waals surface area contributed by atoms with E-state index in [4.69, 9.17) is 14.2 Å². The number of aromatic amines is 1. The number of methoxy groups -OCH3 is 1. The van der Waals surface area contributed by atoms with Gasteiger partial charge >= 0.3 is 6.09 Å². The molecule has 0 bridgehead atoms. The fraction of sp³-hybridized carbons (Fsp3) is 0.471. The van der Waals surface area contributed by atoms with Crippen molar-refractivity contribution >= 4 is 17.0 Å². The molecule has 24 heavy (non-hydrogen) atoms. The van der Waals surface area contributed by atoms with E-state index in [1.54, 1.807) is 7.11 Å². The van der Waals surface area contributed by atoms with Gasteiger partial charge in [-0.3, -0.25) is 0 Å². The van der Waals surface area contributed by atoms with Gasteiger partial charge in [-0.05, 0) is 38.2 Å². The molecular formula is C17H25N3O4. The van der Waals surface area contributed by atoms with Crippen LogP contribution in [-0.2, 0) is 15.9 Å². The lowest BCUT2D eigenvalue weighted by atomic mass is 10.1. The molecule has 1 aromatic heterocycles. The van der Waals surface area contributed by atoms with Crippen molar-refractivity contribution in [3.8, 4) is 5.75 Å². The zero-order valence-electron chi connectivity index (χ0n) is 14.4. The van der Waals surface area contributed by atoms with Crippen LogP contribution in [0.15, 0.2) is 24.4 Å². The van der Waals surface area contributed by atoms with Crippen LogP contribution in [0.4, 0.5) is 4.79 Å².